The highest BCUT2D eigenvalue weighted by atomic mass is 14.5. The Bertz CT molecular complexity index is 446. The molecular formula is C14H15N. The quantitative estimate of drug-likeness (QED) is 0.786. The van der Waals surface area contributed by atoms with Gasteiger partial charge in [-0.15, -0.1) is 0 Å². The average Bonchev–Trinajstić information content (AvgIpc) is 2.30. The van der Waals surface area contributed by atoms with Crippen LogP contribution in [0.25, 0.3) is 11.1 Å². The molecule has 0 bridgehead atoms. The van der Waals surface area contributed by atoms with Crippen molar-refractivity contribution in [2.75, 3.05) is 0 Å². The summed E-state index contributed by atoms with van der Waals surface area (Å²) < 4.78 is 0. The van der Waals surface area contributed by atoms with Crippen LogP contribution in [0.2, 0.25) is 0 Å². The van der Waals surface area contributed by atoms with Crippen LogP contribution in [0, 0.1) is 6.92 Å². The first kappa shape index (κ1) is 9.94. The van der Waals surface area contributed by atoms with Gasteiger partial charge in [-0.25, -0.2) is 0 Å². The van der Waals surface area contributed by atoms with E-state index in [0.29, 0.717) is 6.54 Å². The van der Waals surface area contributed by atoms with E-state index in [1.807, 2.05) is 6.07 Å². The maximum absolute atomic E-state index is 5.76. The molecule has 0 spiro atoms. The Morgan fingerprint density at radius 3 is 2.40 bits per heavy atom. The molecule has 2 aromatic carbocycles. The zero-order valence-corrected chi connectivity index (χ0v) is 8.90. The average molecular weight is 197 g/mol. The van der Waals surface area contributed by atoms with Crippen molar-refractivity contribution < 1.29 is 0 Å². The van der Waals surface area contributed by atoms with Crippen LogP contribution in [0.5, 0.6) is 0 Å². The number of hydrogen-bond acceptors (Lipinski definition) is 1. The molecular weight excluding hydrogens is 182 g/mol. The van der Waals surface area contributed by atoms with Crippen molar-refractivity contribution in [3.05, 3.63) is 59.7 Å². The molecule has 0 aliphatic heterocycles. The standard InChI is InChI=1S/C14H15N/c1-11-7-8-14(13(9-11)10-15)12-5-3-2-4-6-12/h2-9H,10,15H2,1H3. The second kappa shape index (κ2) is 4.28. The van der Waals surface area contributed by atoms with Crippen LogP contribution in [0.15, 0.2) is 48.5 Å². The Morgan fingerprint density at radius 1 is 1.00 bits per heavy atom. The van der Waals surface area contributed by atoms with Crippen molar-refractivity contribution in [3.63, 3.8) is 0 Å². The fourth-order valence-electron chi connectivity index (χ4n) is 1.79. The van der Waals surface area contributed by atoms with E-state index in [-0.39, 0.29) is 0 Å². The van der Waals surface area contributed by atoms with Crippen LogP contribution in [-0.4, -0.2) is 0 Å². The molecule has 1 heteroatoms. The first-order valence-electron chi connectivity index (χ1n) is 5.16. The Balaban J connectivity index is 2.53. The Kier molecular flexibility index (Phi) is 2.84. The first-order valence-corrected chi connectivity index (χ1v) is 5.16. The van der Waals surface area contributed by atoms with E-state index in [1.165, 1.54) is 22.3 Å². The molecule has 0 fully saturated rings. The Hall–Kier alpha value is -1.60. The number of hydrogen-bond donors (Lipinski definition) is 1. The van der Waals surface area contributed by atoms with E-state index < -0.39 is 0 Å². The highest BCUT2D eigenvalue weighted by Gasteiger charge is 2.02. The van der Waals surface area contributed by atoms with E-state index in [2.05, 4.69) is 49.4 Å². The van der Waals surface area contributed by atoms with E-state index in [1.54, 1.807) is 0 Å². The summed E-state index contributed by atoms with van der Waals surface area (Å²) in [4.78, 5) is 0. The molecule has 0 atom stereocenters. The topological polar surface area (TPSA) is 26.0 Å². The zero-order chi connectivity index (χ0) is 10.7. The normalized spacial score (nSPS) is 10.3. The number of benzene rings is 2. The molecule has 0 aromatic heterocycles. The lowest BCUT2D eigenvalue weighted by Gasteiger charge is -2.08. The van der Waals surface area contributed by atoms with Gasteiger partial charge in [-0.3, -0.25) is 0 Å². The van der Waals surface area contributed by atoms with Crippen LogP contribution in [0.4, 0.5) is 0 Å². The van der Waals surface area contributed by atoms with Gasteiger partial charge in [0.1, 0.15) is 0 Å². The van der Waals surface area contributed by atoms with E-state index in [0.717, 1.165) is 0 Å². The van der Waals surface area contributed by atoms with Crippen molar-refractivity contribution in [3.8, 4) is 11.1 Å². The molecule has 0 heterocycles. The molecule has 0 amide bonds. The van der Waals surface area contributed by atoms with Crippen LogP contribution in [0.1, 0.15) is 11.1 Å². The summed E-state index contributed by atoms with van der Waals surface area (Å²) in [5.74, 6) is 0. The minimum atomic E-state index is 0.589. The Labute approximate surface area is 90.6 Å². The van der Waals surface area contributed by atoms with Gasteiger partial charge in [-0.05, 0) is 23.6 Å². The number of rotatable bonds is 2. The monoisotopic (exact) mass is 197 g/mol. The second-order valence-corrected chi connectivity index (χ2v) is 3.73. The third kappa shape index (κ3) is 2.08. The summed E-state index contributed by atoms with van der Waals surface area (Å²) in [6, 6.07) is 16.8. The number of nitrogens with two attached hydrogens (primary N) is 1. The molecule has 2 aromatic rings. The molecule has 0 saturated heterocycles. The third-order valence-corrected chi connectivity index (χ3v) is 2.57. The molecule has 0 radical (unpaired) electrons. The van der Waals surface area contributed by atoms with E-state index in [4.69, 9.17) is 5.73 Å². The van der Waals surface area contributed by atoms with Gasteiger partial charge < -0.3 is 5.73 Å². The SMILES string of the molecule is Cc1ccc(-c2ccccc2)c(CN)c1. The molecule has 0 aliphatic carbocycles. The first-order chi connectivity index (χ1) is 7.31. The minimum Gasteiger partial charge on any atom is -0.326 e. The van der Waals surface area contributed by atoms with Crippen LogP contribution >= 0.6 is 0 Å². The summed E-state index contributed by atoms with van der Waals surface area (Å²) in [5, 5.41) is 0. The van der Waals surface area contributed by atoms with Gasteiger partial charge >= 0.3 is 0 Å². The van der Waals surface area contributed by atoms with E-state index in [9.17, 15) is 0 Å². The van der Waals surface area contributed by atoms with Gasteiger partial charge in [0.25, 0.3) is 0 Å². The van der Waals surface area contributed by atoms with Crippen molar-refractivity contribution in [2.45, 2.75) is 13.5 Å². The lowest BCUT2D eigenvalue weighted by atomic mass is 9.98. The highest BCUT2D eigenvalue weighted by molar-refractivity contribution is 5.67. The molecule has 0 aliphatic rings. The summed E-state index contributed by atoms with van der Waals surface area (Å²) in [6.45, 7) is 2.68. The van der Waals surface area contributed by atoms with Gasteiger partial charge in [-0.2, -0.15) is 0 Å². The third-order valence-electron chi connectivity index (χ3n) is 2.57. The van der Waals surface area contributed by atoms with Crippen molar-refractivity contribution in [1.82, 2.24) is 0 Å². The summed E-state index contributed by atoms with van der Waals surface area (Å²) in [7, 11) is 0. The van der Waals surface area contributed by atoms with Gasteiger partial charge in [0.2, 0.25) is 0 Å². The summed E-state index contributed by atoms with van der Waals surface area (Å²) in [6.07, 6.45) is 0. The fourth-order valence-corrected chi connectivity index (χ4v) is 1.79. The molecule has 2 N–H and O–H groups in total. The van der Waals surface area contributed by atoms with Crippen LogP contribution < -0.4 is 5.73 Å². The molecule has 15 heavy (non-hydrogen) atoms. The van der Waals surface area contributed by atoms with Crippen molar-refractivity contribution in [2.24, 2.45) is 5.73 Å². The molecule has 2 rings (SSSR count). The smallest absolute Gasteiger partial charge is 0.0184 e. The molecule has 0 unspecified atom stereocenters. The maximum Gasteiger partial charge on any atom is 0.0184 e. The lowest BCUT2D eigenvalue weighted by molar-refractivity contribution is 1.07. The minimum absolute atomic E-state index is 0.589. The van der Waals surface area contributed by atoms with Gasteiger partial charge in [0, 0.05) is 6.54 Å². The molecule has 76 valence electrons. The van der Waals surface area contributed by atoms with Crippen LogP contribution in [0.3, 0.4) is 0 Å². The maximum atomic E-state index is 5.76. The zero-order valence-electron chi connectivity index (χ0n) is 8.90. The van der Waals surface area contributed by atoms with Gasteiger partial charge in [0.05, 0.1) is 0 Å². The molecule has 1 nitrogen and oxygen atoms in total. The summed E-state index contributed by atoms with van der Waals surface area (Å²) in [5.41, 5.74) is 10.7. The fraction of sp³-hybridized carbons (Fsp3) is 0.143. The highest BCUT2D eigenvalue weighted by Crippen LogP contribution is 2.24. The second-order valence-electron chi connectivity index (χ2n) is 3.73. The largest absolute Gasteiger partial charge is 0.326 e. The van der Waals surface area contributed by atoms with Crippen LogP contribution in [-0.2, 0) is 6.54 Å². The predicted molar refractivity (Wildman–Crippen MR) is 64.5 cm³/mol. The van der Waals surface area contributed by atoms with Gasteiger partial charge in [-0.1, -0.05) is 54.1 Å². The van der Waals surface area contributed by atoms with Crippen molar-refractivity contribution >= 4 is 0 Å². The summed E-state index contributed by atoms with van der Waals surface area (Å²) >= 11 is 0. The Morgan fingerprint density at radius 2 is 1.73 bits per heavy atom. The molecule has 0 saturated carbocycles. The van der Waals surface area contributed by atoms with E-state index >= 15 is 0 Å². The lowest BCUT2D eigenvalue weighted by Crippen LogP contribution is -1.99. The number of aryl methyl sites for hydroxylation is 1. The van der Waals surface area contributed by atoms with Crippen molar-refractivity contribution in [1.29, 1.82) is 0 Å². The van der Waals surface area contributed by atoms with Gasteiger partial charge in [0.15, 0.2) is 0 Å². The predicted octanol–water partition coefficient (Wildman–Crippen LogP) is 3.12.